The van der Waals surface area contributed by atoms with Gasteiger partial charge in [-0.1, -0.05) is 54.7 Å². The number of rotatable bonds is 0. The summed E-state index contributed by atoms with van der Waals surface area (Å²) in [6, 6.07) is 0. The lowest BCUT2D eigenvalue weighted by atomic mass is 10.5. The van der Waals surface area contributed by atoms with Crippen LogP contribution in [0.4, 0.5) is 0 Å². The van der Waals surface area contributed by atoms with Crippen LogP contribution in [0.5, 0.6) is 0 Å². The van der Waals surface area contributed by atoms with Crippen molar-refractivity contribution in [1.82, 2.24) is 0 Å². The average Bonchev–Trinajstić information content (AvgIpc) is 3.01. The number of allylic oxidation sites excluding steroid dienone is 9. The Morgan fingerprint density at radius 2 is 1.00 bits per heavy atom. The first kappa shape index (κ1) is 15.9. The first-order valence-corrected chi connectivity index (χ1v) is 5.12. The van der Waals surface area contributed by atoms with E-state index in [0.29, 0.717) is 0 Å². The first-order valence-electron chi connectivity index (χ1n) is 5.12. The molecule has 0 radical (unpaired) electrons. The molecule has 0 N–H and O–H groups in total. The Labute approximate surface area is 94.7 Å². The minimum Gasteiger partial charge on any atom is -0.106 e. The van der Waals surface area contributed by atoms with Gasteiger partial charge in [-0.3, -0.25) is 0 Å². The molecule has 0 aromatic carbocycles. The Morgan fingerprint density at radius 1 is 0.800 bits per heavy atom. The van der Waals surface area contributed by atoms with Crippen molar-refractivity contribution < 1.29 is 0 Å². The predicted molar refractivity (Wildman–Crippen MR) is 72.9 cm³/mol. The Bertz CT molecular complexity index is 184. The maximum atomic E-state index is 3.36. The van der Waals surface area contributed by atoms with E-state index in [-0.39, 0.29) is 0 Å². The molecule has 0 atom stereocenters. The fraction of sp³-hybridized carbons (Fsp3) is 0.200. The molecule has 0 aromatic rings. The largest absolute Gasteiger partial charge is 0.106 e. The predicted octanol–water partition coefficient (Wildman–Crippen LogP) is 5.00. The Kier molecular flexibility index (Phi) is 19.4. The molecule has 0 bridgehead atoms. The molecule has 15 heavy (non-hydrogen) atoms. The van der Waals surface area contributed by atoms with Crippen LogP contribution in [0.2, 0.25) is 0 Å². The fourth-order valence-electron chi connectivity index (χ4n) is 0.786. The quantitative estimate of drug-likeness (QED) is 0.485. The summed E-state index contributed by atoms with van der Waals surface area (Å²) in [5.41, 5.74) is 0. The van der Waals surface area contributed by atoms with Gasteiger partial charge in [-0.15, -0.1) is 19.7 Å². The lowest BCUT2D eigenvalue weighted by Gasteiger charge is -1.57. The summed E-state index contributed by atoms with van der Waals surface area (Å²) in [6.07, 6.45) is 20.8. The summed E-state index contributed by atoms with van der Waals surface area (Å²) in [4.78, 5) is 0. The minimum absolute atomic E-state index is 1.14. The Balaban J connectivity index is 0. The molecule has 0 heterocycles. The minimum atomic E-state index is 1.14. The molecule has 0 amide bonds. The summed E-state index contributed by atoms with van der Waals surface area (Å²) >= 11 is 0. The van der Waals surface area contributed by atoms with Crippen LogP contribution in [0.25, 0.3) is 0 Å². The second-order valence-electron chi connectivity index (χ2n) is 2.59. The van der Waals surface area contributed by atoms with E-state index >= 15 is 0 Å². The van der Waals surface area contributed by atoms with E-state index in [0.717, 1.165) is 12.8 Å². The molecule has 0 saturated heterocycles. The van der Waals surface area contributed by atoms with Crippen LogP contribution >= 0.6 is 0 Å². The standard InChI is InChI=1S/2C5H6.C3H6.C2H4/c2*1-2-4-5-3-1;1-3-2;1-2/h2*1-4H,5H2;3H,1H2,2H3;1-2H2. The van der Waals surface area contributed by atoms with Crippen LogP contribution < -0.4 is 0 Å². The van der Waals surface area contributed by atoms with Crippen LogP contribution in [-0.4, -0.2) is 0 Å². The van der Waals surface area contributed by atoms with Crippen LogP contribution in [0.1, 0.15) is 19.8 Å². The van der Waals surface area contributed by atoms with Gasteiger partial charge >= 0.3 is 0 Å². The molecule has 0 spiro atoms. The monoisotopic (exact) mass is 202 g/mol. The van der Waals surface area contributed by atoms with Crippen molar-refractivity contribution in [3.63, 3.8) is 0 Å². The average molecular weight is 202 g/mol. The van der Waals surface area contributed by atoms with Gasteiger partial charge in [0.2, 0.25) is 0 Å². The normalized spacial score (nSPS) is 12.9. The summed E-state index contributed by atoms with van der Waals surface area (Å²) in [5, 5.41) is 0. The van der Waals surface area contributed by atoms with Crippen molar-refractivity contribution in [3.05, 3.63) is 74.4 Å². The molecule has 0 unspecified atom stereocenters. The van der Waals surface area contributed by atoms with Gasteiger partial charge in [0.25, 0.3) is 0 Å². The molecule has 2 aliphatic carbocycles. The highest BCUT2D eigenvalue weighted by atomic mass is 13.8. The highest BCUT2D eigenvalue weighted by Crippen LogP contribution is 1.93. The van der Waals surface area contributed by atoms with Crippen LogP contribution in [0, 0.1) is 0 Å². The molecule has 0 aromatic heterocycles. The van der Waals surface area contributed by atoms with E-state index in [9.17, 15) is 0 Å². The maximum absolute atomic E-state index is 3.36. The zero-order valence-electron chi connectivity index (χ0n) is 9.73. The van der Waals surface area contributed by atoms with Crippen molar-refractivity contribution in [1.29, 1.82) is 0 Å². The van der Waals surface area contributed by atoms with Gasteiger partial charge in [0.15, 0.2) is 0 Å². The van der Waals surface area contributed by atoms with Crippen molar-refractivity contribution in [3.8, 4) is 0 Å². The summed E-state index contributed by atoms with van der Waals surface area (Å²) in [5.74, 6) is 0. The van der Waals surface area contributed by atoms with Crippen molar-refractivity contribution in [2.24, 2.45) is 0 Å². The van der Waals surface area contributed by atoms with Crippen LogP contribution in [0.15, 0.2) is 74.4 Å². The van der Waals surface area contributed by atoms with Gasteiger partial charge in [0.05, 0.1) is 0 Å². The highest BCUT2D eigenvalue weighted by molar-refractivity contribution is 5.12. The molecule has 0 fully saturated rings. The van der Waals surface area contributed by atoms with Gasteiger partial charge in [-0.2, -0.15) is 0 Å². The topological polar surface area (TPSA) is 0 Å². The van der Waals surface area contributed by atoms with Crippen LogP contribution in [-0.2, 0) is 0 Å². The van der Waals surface area contributed by atoms with Gasteiger partial charge < -0.3 is 0 Å². The fourth-order valence-corrected chi connectivity index (χ4v) is 0.786. The molecule has 0 saturated carbocycles. The third-order valence-electron chi connectivity index (χ3n) is 1.31. The van der Waals surface area contributed by atoms with Gasteiger partial charge in [0, 0.05) is 0 Å². The molecule has 0 heteroatoms. The molecule has 0 aliphatic heterocycles. The zero-order valence-corrected chi connectivity index (χ0v) is 9.73. The first-order chi connectivity index (χ1) is 7.41. The van der Waals surface area contributed by atoms with Crippen molar-refractivity contribution >= 4 is 0 Å². The number of hydrogen-bond donors (Lipinski definition) is 0. The summed E-state index contributed by atoms with van der Waals surface area (Å²) in [6.45, 7) is 11.2. The molecular formula is C15H22. The van der Waals surface area contributed by atoms with Gasteiger partial charge in [0.1, 0.15) is 0 Å². The number of hydrogen-bond acceptors (Lipinski definition) is 0. The van der Waals surface area contributed by atoms with Crippen molar-refractivity contribution in [2.75, 3.05) is 0 Å². The van der Waals surface area contributed by atoms with Crippen molar-refractivity contribution in [2.45, 2.75) is 19.8 Å². The Morgan fingerprint density at radius 3 is 1.07 bits per heavy atom. The molecule has 82 valence electrons. The lowest BCUT2D eigenvalue weighted by molar-refractivity contribution is 1.45. The third-order valence-corrected chi connectivity index (χ3v) is 1.31. The second-order valence-corrected chi connectivity index (χ2v) is 2.59. The molecule has 2 rings (SSSR count). The van der Waals surface area contributed by atoms with E-state index in [1.165, 1.54) is 0 Å². The molecule has 0 nitrogen and oxygen atoms in total. The van der Waals surface area contributed by atoms with E-state index in [4.69, 9.17) is 0 Å². The maximum Gasteiger partial charge on any atom is -0.0163 e. The molecular weight excluding hydrogens is 180 g/mol. The van der Waals surface area contributed by atoms with Gasteiger partial charge in [-0.25, -0.2) is 0 Å². The zero-order chi connectivity index (χ0) is 11.8. The second kappa shape index (κ2) is 18.3. The Hall–Kier alpha value is -1.56. The van der Waals surface area contributed by atoms with Crippen LogP contribution in [0.3, 0.4) is 0 Å². The SMILES string of the molecule is C1=CCC=C1.C1=CCC=C1.C=C.C=CC. The third kappa shape index (κ3) is 19.0. The molecule has 2 aliphatic rings. The van der Waals surface area contributed by atoms with Gasteiger partial charge in [-0.05, 0) is 19.8 Å². The highest BCUT2D eigenvalue weighted by Gasteiger charge is 1.72. The van der Waals surface area contributed by atoms with E-state index < -0.39 is 0 Å². The van der Waals surface area contributed by atoms with E-state index in [1.54, 1.807) is 6.08 Å². The summed E-state index contributed by atoms with van der Waals surface area (Å²) in [7, 11) is 0. The smallest absolute Gasteiger partial charge is 0.0163 e. The summed E-state index contributed by atoms with van der Waals surface area (Å²) < 4.78 is 0. The lowest BCUT2D eigenvalue weighted by Crippen LogP contribution is -1.37. The van der Waals surface area contributed by atoms with E-state index in [2.05, 4.69) is 68.3 Å². The van der Waals surface area contributed by atoms with E-state index in [1.807, 2.05) is 6.92 Å².